The fourth-order valence-electron chi connectivity index (χ4n) is 2.61. The third-order valence-electron chi connectivity index (χ3n) is 3.86. The van der Waals surface area contributed by atoms with Gasteiger partial charge in [-0.05, 0) is 23.8 Å². The number of rotatable bonds is 4. The molecule has 1 aliphatic rings. The van der Waals surface area contributed by atoms with E-state index >= 15 is 0 Å². The molecule has 5 nitrogen and oxygen atoms in total. The number of nitrogens with zero attached hydrogens (tertiary/aromatic N) is 2. The van der Waals surface area contributed by atoms with Gasteiger partial charge in [0.05, 0.1) is 17.8 Å². The van der Waals surface area contributed by atoms with Crippen molar-refractivity contribution in [2.24, 2.45) is 5.92 Å². The minimum Gasteiger partial charge on any atom is -0.352 e. The monoisotopic (exact) mass is 329 g/mol. The van der Waals surface area contributed by atoms with Gasteiger partial charge in [0.2, 0.25) is 11.8 Å². The lowest BCUT2D eigenvalue weighted by Crippen LogP contribution is -2.32. The molecule has 0 saturated carbocycles. The van der Waals surface area contributed by atoms with Crippen LogP contribution in [0.2, 0.25) is 5.02 Å². The topological polar surface area (TPSA) is 62.3 Å². The number of anilines is 1. The first-order valence-electron chi connectivity index (χ1n) is 7.36. The van der Waals surface area contributed by atoms with Gasteiger partial charge in [-0.1, -0.05) is 29.8 Å². The zero-order chi connectivity index (χ0) is 16.2. The van der Waals surface area contributed by atoms with Crippen LogP contribution < -0.4 is 10.2 Å². The molecule has 6 heteroatoms. The van der Waals surface area contributed by atoms with Crippen LogP contribution in [0.4, 0.5) is 5.69 Å². The van der Waals surface area contributed by atoms with Crippen molar-refractivity contribution in [3.63, 3.8) is 0 Å². The Bertz CT molecular complexity index is 721. The van der Waals surface area contributed by atoms with Crippen molar-refractivity contribution in [3.8, 4) is 0 Å². The standard InChI is InChI=1S/C17H16ClN3O2/c18-15-6-2-1-4-12(15)9-20-17(23)13-8-16(22)21(11-13)14-5-3-7-19-10-14/h1-7,10,13H,8-9,11H2,(H,20,23). The van der Waals surface area contributed by atoms with Gasteiger partial charge in [0.25, 0.3) is 0 Å². The molecule has 2 amide bonds. The highest BCUT2D eigenvalue weighted by Gasteiger charge is 2.35. The maximum atomic E-state index is 12.3. The van der Waals surface area contributed by atoms with Crippen LogP contribution in [-0.2, 0) is 16.1 Å². The molecule has 0 bridgehead atoms. The summed E-state index contributed by atoms with van der Waals surface area (Å²) in [5, 5.41) is 3.47. The zero-order valence-corrected chi connectivity index (χ0v) is 13.2. The number of benzene rings is 1. The first kappa shape index (κ1) is 15.5. The Morgan fingerprint density at radius 3 is 2.87 bits per heavy atom. The summed E-state index contributed by atoms with van der Waals surface area (Å²) in [6.45, 7) is 0.731. The van der Waals surface area contributed by atoms with Gasteiger partial charge in [-0.3, -0.25) is 14.6 Å². The summed E-state index contributed by atoms with van der Waals surface area (Å²) in [7, 11) is 0. The quantitative estimate of drug-likeness (QED) is 0.937. The fourth-order valence-corrected chi connectivity index (χ4v) is 2.82. The molecule has 2 aromatic rings. The molecular formula is C17H16ClN3O2. The molecule has 0 aliphatic carbocycles. The lowest BCUT2D eigenvalue weighted by Gasteiger charge is -2.16. The predicted octanol–water partition coefficient (Wildman–Crippen LogP) is 2.40. The van der Waals surface area contributed by atoms with E-state index in [0.29, 0.717) is 18.1 Å². The van der Waals surface area contributed by atoms with Crippen LogP contribution in [0.25, 0.3) is 0 Å². The Kier molecular flexibility index (Phi) is 4.57. The zero-order valence-electron chi connectivity index (χ0n) is 12.4. The Labute approximate surface area is 139 Å². The summed E-state index contributed by atoms with van der Waals surface area (Å²) in [6, 6.07) is 10.9. The van der Waals surface area contributed by atoms with Crippen LogP contribution >= 0.6 is 11.6 Å². The number of carbonyl (C=O) groups is 2. The van der Waals surface area contributed by atoms with Crippen molar-refractivity contribution in [2.75, 3.05) is 11.4 Å². The molecule has 1 aliphatic heterocycles. The van der Waals surface area contributed by atoms with Gasteiger partial charge in [-0.25, -0.2) is 0 Å². The molecule has 1 saturated heterocycles. The number of hydrogen-bond donors (Lipinski definition) is 1. The van der Waals surface area contributed by atoms with Crippen LogP contribution in [0.15, 0.2) is 48.8 Å². The highest BCUT2D eigenvalue weighted by molar-refractivity contribution is 6.31. The fraction of sp³-hybridized carbons (Fsp3) is 0.235. The van der Waals surface area contributed by atoms with Gasteiger partial charge in [0.1, 0.15) is 0 Å². The summed E-state index contributed by atoms with van der Waals surface area (Å²) in [5.74, 6) is -0.550. The van der Waals surface area contributed by atoms with E-state index in [1.165, 1.54) is 0 Å². The summed E-state index contributed by atoms with van der Waals surface area (Å²) >= 11 is 6.07. The molecule has 1 fully saturated rings. The van der Waals surface area contributed by atoms with Gasteiger partial charge >= 0.3 is 0 Å². The Balaban J connectivity index is 1.61. The average molecular weight is 330 g/mol. The van der Waals surface area contributed by atoms with Gasteiger partial charge in [-0.2, -0.15) is 0 Å². The minimum absolute atomic E-state index is 0.0594. The molecule has 1 aromatic carbocycles. The van der Waals surface area contributed by atoms with Crippen molar-refractivity contribution in [3.05, 3.63) is 59.4 Å². The second-order valence-electron chi connectivity index (χ2n) is 5.43. The van der Waals surface area contributed by atoms with E-state index in [-0.39, 0.29) is 24.2 Å². The van der Waals surface area contributed by atoms with Crippen molar-refractivity contribution < 1.29 is 9.59 Å². The summed E-state index contributed by atoms with van der Waals surface area (Å²) < 4.78 is 0. The maximum Gasteiger partial charge on any atom is 0.227 e. The number of aromatic nitrogens is 1. The van der Waals surface area contributed by atoms with E-state index in [9.17, 15) is 9.59 Å². The summed E-state index contributed by atoms with van der Waals surface area (Å²) in [4.78, 5) is 30.0. The van der Waals surface area contributed by atoms with Crippen molar-refractivity contribution in [1.29, 1.82) is 0 Å². The molecular weight excluding hydrogens is 314 g/mol. The smallest absolute Gasteiger partial charge is 0.227 e. The minimum atomic E-state index is -0.356. The van der Waals surface area contributed by atoms with E-state index in [1.807, 2.05) is 24.3 Å². The first-order chi connectivity index (χ1) is 11.1. The van der Waals surface area contributed by atoms with Crippen LogP contribution in [-0.4, -0.2) is 23.3 Å². The summed E-state index contributed by atoms with van der Waals surface area (Å²) in [5.41, 5.74) is 1.58. The van der Waals surface area contributed by atoms with Gasteiger partial charge in [0.15, 0.2) is 0 Å². The van der Waals surface area contributed by atoms with Crippen molar-refractivity contribution in [1.82, 2.24) is 10.3 Å². The molecule has 1 aromatic heterocycles. The van der Waals surface area contributed by atoms with E-state index in [2.05, 4.69) is 10.3 Å². The van der Waals surface area contributed by atoms with E-state index in [0.717, 1.165) is 11.3 Å². The second kappa shape index (κ2) is 6.79. The molecule has 23 heavy (non-hydrogen) atoms. The number of halogens is 1. The Morgan fingerprint density at radius 2 is 2.13 bits per heavy atom. The molecule has 1 N–H and O–H groups in total. The lowest BCUT2D eigenvalue weighted by molar-refractivity contribution is -0.126. The van der Waals surface area contributed by atoms with Crippen LogP contribution in [0.1, 0.15) is 12.0 Å². The largest absolute Gasteiger partial charge is 0.352 e. The van der Waals surface area contributed by atoms with Crippen LogP contribution in [0.3, 0.4) is 0 Å². The highest BCUT2D eigenvalue weighted by Crippen LogP contribution is 2.24. The number of hydrogen-bond acceptors (Lipinski definition) is 3. The number of pyridine rings is 1. The third-order valence-corrected chi connectivity index (χ3v) is 4.23. The summed E-state index contributed by atoms with van der Waals surface area (Å²) in [6.07, 6.45) is 3.49. The third kappa shape index (κ3) is 3.51. The van der Waals surface area contributed by atoms with Crippen LogP contribution in [0.5, 0.6) is 0 Å². The molecule has 1 unspecified atom stereocenters. The van der Waals surface area contributed by atoms with Crippen LogP contribution in [0, 0.1) is 5.92 Å². The SMILES string of the molecule is O=C(NCc1ccccc1Cl)C1CC(=O)N(c2cccnc2)C1. The molecule has 2 heterocycles. The Hall–Kier alpha value is -2.40. The van der Waals surface area contributed by atoms with E-state index in [4.69, 9.17) is 11.6 Å². The van der Waals surface area contributed by atoms with Crippen molar-refractivity contribution in [2.45, 2.75) is 13.0 Å². The molecule has 3 rings (SSSR count). The van der Waals surface area contributed by atoms with Gasteiger partial charge in [0, 0.05) is 30.7 Å². The van der Waals surface area contributed by atoms with E-state index < -0.39 is 0 Å². The number of amides is 2. The Morgan fingerprint density at radius 1 is 1.30 bits per heavy atom. The lowest BCUT2D eigenvalue weighted by atomic mass is 10.1. The number of carbonyl (C=O) groups excluding carboxylic acids is 2. The van der Waals surface area contributed by atoms with Gasteiger partial charge in [-0.15, -0.1) is 0 Å². The maximum absolute atomic E-state index is 12.3. The molecule has 1 atom stereocenters. The van der Waals surface area contributed by atoms with E-state index in [1.54, 1.807) is 29.4 Å². The average Bonchev–Trinajstić information content (AvgIpc) is 2.96. The predicted molar refractivity (Wildman–Crippen MR) is 88.0 cm³/mol. The van der Waals surface area contributed by atoms with Gasteiger partial charge < -0.3 is 10.2 Å². The number of nitrogens with one attached hydrogen (secondary N) is 1. The highest BCUT2D eigenvalue weighted by atomic mass is 35.5. The first-order valence-corrected chi connectivity index (χ1v) is 7.74. The second-order valence-corrected chi connectivity index (χ2v) is 5.83. The molecule has 118 valence electrons. The molecule has 0 radical (unpaired) electrons. The molecule has 0 spiro atoms. The van der Waals surface area contributed by atoms with Crippen molar-refractivity contribution >= 4 is 29.1 Å². The normalized spacial score (nSPS) is 17.3.